The molecule has 0 aliphatic heterocycles. The molecular weight excluding hydrogens is 1090 g/mol. The zero-order chi connectivity index (χ0) is 62.6. The van der Waals surface area contributed by atoms with Crippen molar-refractivity contribution in [2.24, 2.45) is 0 Å². The highest BCUT2D eigenvalue weighted by Gasteiger charge is 2.21. The summed E-state index contributed by atoms with van der Waals surface area (Å²) >= 11 is 0. The van der Waals surface area contributed by atoms with Gasteiger partial charge in [-0.1, -0.05) is 253 Å². The Kier molecular flexibility index (Phi) is 60.0. The van der Waals surface area contributed by atoms with Crippen LogP contribution in [-0.4, -0.2) is 70.0 Å². The molecule has 0 bridgehead atoms. The molecule has 0 amide bonds. The molecule has 0 saturated carbocycles. The number of unbranched alkanes of at least 4 members (excludes halogenated alkanes) is 9. The zero-order valence-electron chi connectivity index (χ0n) is 54.4. The highest BCUT2D eigenvalue weighted by molar-refractivity contribution is 7.45. The van der Waals surface area contributed by atoms with E-state index in [4.69, 9.17) is 18.5 Å². The van der Waals surface area contributed by atoms with Crippen molar-refractivity contribution in [3.8, 4) is 0 Å². The normalized spacial score (nSPS) is 14.5. The number of rotatable bonds is 57. The third-order valence-corrected chi connectivity index (χ3v) is 13.8. The van der Waals surface area contributed by atoms with Gasteiger partial charge in [-0.2, -0.15) is 0 Å². The Labute approximate surface area is 525 Å². The van der Waals surface area contributed by atoms with Crippen LogP contribution in [0.25, 0.3) is 0 Å². The highest BCUT2D eigenvalue weighted by Crippen LogP contribution is 2.38. The quantitative estimate of drug-likeness (QED) is 0.0195. The van der Waals surface area contributed by atoms with E-state index in [1.54, 1.807) is 0 Å². The van der Waals surface area contributed by atoms with E-state index in [0.717, 1.165) is 161 Å². The molecule has 0 radical (unpaired) electrons. The van der Waals surface area contributed by atoms with Crippen molar-refractivity contribution in [1.29, 1.82) is 0 Å². The molecular formula is C76H118NO8P. The average molecular weight is 1200 g/mol. The number of allylic oxidation sites excluding steroid dienone is 34. The van der Waals surface area contributed by atoms with Gasteiger partial charge in [0, 0.05) is 12.8 Å². The summed E-state index contributed by atoms with van der Waals surface area (Å²) in [6.07, 6.45) is 102. The summed E-state index contributed by atoms with van der Waals surface area (Å²) in [5, 5.41) is 0. The molecule has 0 aromatic heterocycles. The highest BCUT2D eigenvalue weighted by atomic mass is 31.2. The first-order valence-electron chi connectivity index (χ1n) is 32.8. The second-order valence-electron chi connectivity index (χ2n) is 22.0. The monoisotopic (exact) mass is 1200 g/mol. The lowest BCUT2D eigenvalue weighted by molar-refractivity contribution is -0.870. The lowest BCUT2D eigenvalue weighted by Gasteiger charge is -2.28. The van der Waals surface area contributed by atoms with Crippen LogP contribution in [0.1, 0.15) is 206 Å². The van der Waals surface area contributed by atoms with Crippen LogP contribution in [0.3, 0.4) is 0 Å². The molecule has 0 aromatic carbocycles. The van der Waals surface area contributed by atoms with Gasteiger partial charge >= 0.3 is 11.9 Å². The molecule has 2 unspecified atom stereocenters. The molecule has 0 aromatic rings. The third kappa shape index (κ3) is 67.7. The minimum Gasteiger partial charge on any atom is -0.756 e. The first kappa shape index (κ1) is 80.6. The maximum absolute atomic E-state index is 12.8. The van der Waals surface area contributed by atoms with Crippen LogP contribution in [0.5, 0.6) is 0 Å². The lowest BCUT2D eigenvalue weighted by Crippen LogP contribution is -2.37. The summed E-state index contributed by atoms with van der Waals surface area (Å²) in [5.74, 6) is -0.917. The topological polar surface area (TPSA) is 111 Å². The molecule has 0 spiro atoms. The van der Waals surface area contributed by atoms with E-state index in [2.05, 4.69) is 220 Å². The van der Waals surface area contributed by atoms with Gasteiger partial charge in [0.1, 0.15) is 19.8 Å². The van der Waals surface area contributed by atoms with E-state index in [1.165, 1.54) is 6.42 Å². The second kappa shape index (κ2) is 64.1. The Balaban J connectivity index is 4.29. The Bertz CT molecular complexity index is 2200. The van der Waals surface area contributed by atoms with E-state index in [9.17, 15) is 19.0 Å². The van der Waals surface area contributed by atoms with Crippen LogP contribution in [0.4, 0.5) is 0 Å². The number of carbonyl (C=O) groups excluding carboxylic acids is 2. The number of phosphoric acid groups is 1. The Morgan fingerprint density at radius 1 is 0.360 bits per heavy atom. The number of phosphoric ester groups is 1. The second-order valence-corrected chi connectivity index (χ2v) is 23.4. The smallest absolute Gasteiger partial charge is 0.306 e. The average Bonchev–Trinajstić information content (AvgIpc) is 3.56. The van der Waals surface area contributed by atoms with Gasteiger partial charge in [0.05, 0.1) is 27.7 Å². The van der Waals surface area contributed by atoms with Crippen molar-refractivity contribution < 1.29 is 42.1 Å². The summed E-state index contributed by atoms with van der Waals surface area (Å²) in [6.45, 7) is 3.91. The van der Waals surface area contributed by atoms with Gasteiger partial charge in [-0.25, -0.2) is 0 Å². The molecule has 2 atom stereocenters. The summed E-state index contributed by atoms with van der Waals surface area (Å²) in [7, 11) is 1.10. The fourth-order valence-electron chi connectivity index (χ4n) is 7.84. The molecule has 10 heteroatoms. The van der Waals surface area contributed by atoms with Crippen molar-refractivity contribution in [3.05, 3.63) is 207 Å². The van der Waals surface area contributed by atoms with E-state index in [-0.39, 0.29) is 26.1 Å². The molecule has 86 heavy (non-hydrogen) atoms. The van der Waals surface area contributed by atoms with Gasteiger partial charge in [-0.3, -0.25) is 14.2 Å². The van der Waals surface area contributed by atoms with Crippen LogP contribution in [0.2, 0.25) is 0 Å². The summed E-state index contributed by atoms with van der Waals surface area (Å²) < 4.78 is 34.2. The van der Waals surface area contributed by atoms with Crippen LogP contribution >= 0.6 is 7.82 Å². The number of likely N-dealkylation sites (N-methyl/N-ethyl adjacent to an activating group) is 1. The SMILES string of the molecule is CC/C=C\C/C=C\C/C=C\C/C=C\C/C=C\C/C=C\C/C=C\C/C=C\C/C=C\CCCCCCCCCC(=O)OC(COC(=O)CCCC/C=C\C/C=C\C/C=C\C/C=C\C/C=C\C/C=C\C/C=C\C/C=C\CC)COP(=O)([O-])OCC[N+](C)(C)C. The molecule has 0 N–H and O–H groups in total. The lowest BCUT2D eigenvalue weighted by atomic mass is 10.1. The number of hydrogen-bond acceptors (Lipinski definition) is 8. The Morgan fingerprint density at radius 3 is 0.953 bits per heavy atom. The minimum absolute atomic E-state index is 0.0532. The maximum Gasteiger partial charge on any atom is 0.306 e. The molecule has 0 rings (SSSR count). The van der Waals surface area contributed by atoms with Gasteiger partial charge < -0.3 is 27.9 Å². The van der Waals surface area contributed by atoms with Crippen molar-refractivity contribution in [3.63, 3.8) is 0 Å². The summed E-state index contributed by atoms with van der Waals surface area (Å²) in [5.41, 5.74) is 0. The van der Waals surface area contributed by atoms with Gasteiger partial charge in [0.25, 0.3) is 7.82 Å². The Morgan fingerprint density at radius 2 is 0.628 bits per heavy atom. The predicted octanol–water partition coefficient (Wildman–Crippen LogP) is 20.8. The molecule has 480 valence electrons. The molecule has 0 saturated heterocycles. The molecule has 0 heterocycles. The van der Waals surface area contributed by atoms with Gasteiger partial charge in [-0.05, 0) is 148 Å². The van der Waals surface area contributed by atoms with Gasteiger partial charge in [-0.15, -0.1) is 0 Å². The van der Waals surface area contributed by atoms with Crippen molar-refractivity contribution in [2.75, 3.05) is 47.5 Å². The summed E-state index contributed by atoms with van der Waals surface area (Å²) in [4.78, 5) is 38.0. The van der Waals surface area contributed by atoms with Crippen LogP contribution < -0.4 is 4.89 Å². The van der Waals surface area contributed by atoms with Crippen LogP contribution in [-0.2, 0) is 32.7 Å². The molecule has 0 fully saturated rings. The number of esters is 2. The standard InChI is InChI=1S/C76H118NO8P/c1-6-8-10-12-14-16-18-20-22-24-26-28-30-32-34-35-36-37-38-39-40-41-43-45-47-49-51-53-55-57-59-61-63-65-67-69-76(79)85-74(73-84-86(80,81)83-71-70-77(3,4)5)72-82-75(78)68-66-64-62-60-58-56-54-52-50-48-46-44-42-33-31-29-27-25-23-21-19-17-15-13-11-9-7-2/h8-11,14-17,20-23,26-29,32-34,36-37,39-40,42-43,45-46,48-49,51-52,54,58,60,74H,6-7,12-13,18-19,24-25,30-31,35,38,41,44,47,50,53,55-57,59,61-73H2,1-5H3/b10-8-,11-9-,16-14-,17-15-,22-20-,23-21-,28-26-,29-27-,34-32-,37-36-,40-39-,42-33-,45-43-,48-46-,51-49-,54-52-,60-58-. The van der Waals surface area contributed by atoms with Crippen molar-refractivity contribution in [1.82, 2.24) is 0 Å². The van der Waals surface area contributed by atoms with Gasteiger partial charge in [0.2, 0.25) is 0 Å². The van der Waals surface area contributed by atoms with E-state index in [0.29, 0.717) is 23.9 Å². The third-order valence-electron chi connectivity index (χ3n) is 12.8. The number of nitrogens with zero attached hydrogens (tertiary/aromatic N) is 1. The molecule has 9 nitrogen and oxygen atoms in total. The number of quaternary nitrogens is 1. The molecule has 0 aliphatic rings. The van der Waals surface area contributed by atoms with Crippen LogP contribution in [0, 0.1) is 0 Å². The van der Waals surface area contributed by atoms with E-state index in [1.807, 2.05) is 21.1 Å². The Hall–Kier alpha value is -5.41. The fourth-order valence-corrected chi connectivity index (χ4v) is 8.57. The first-order chi connectivity index (χ1) is 42.0. The molecule has 0 aliphatic carbocycles. The predicted molar refractivity (Wildman–Crippen MR) is 368 cm³/mol. The largest absolute Gasteiger partial charge is 0.756 e. The number of ether oxygens (including phenoxy) is 2. The van der Waals surface area contributed by atoms with Gasteiger partial charge in [0.15, 0.2) is 6.10 Å². The minimum atomic E-state index is -4.67. The maximum atomic E-state index is 12.8. The van der Waals surface area contributed by atoms with E-state index < -0.39 is 32.5 Å². The fraction of sp³-hybridized carbons (Fsp3) is 0.526. The summed E-state index contributed by atoms with van der Waals surface area (Å²) in [6, 6.07) is 0. The van der Waals surface area contributed by atoms with Crippen molar-refractivity contribution >= 4 is 19.8 Å². The number of hydrogen-bond donors (Lipinski definition) is 0. The number of carbonyl (C=O) groups is 2. The van der Waals surface area contributed by atoms with Crippen LogP contribution in [0.15, 0.2) is 207 Å². The first-order valence-corrected chi connectivity index (χ1v) is 34.3. The van der Waals surface area contributed by atoms with E-state index >= 15 is 0 Å². The zero-order valence-corrected chi connectivity index (χ0v) is 55.3. The van der Waals surface area contributed by atoms with Crippen molar-refractivity contribution in [2.45, 2.75) is 213 Å².